The number of amides is 1. The van der Waals surface area contributed by atoms with Crippen molar-refractivity contribution in [2.75, 3.05) is 13.7 Å². The smallest absolute Gasteiger partial charge is 0.305 e. The van der Waals surface area contributed by atoms with E-state index < -0.39 is 17.4 Å². The predicted octanol–water partition coefficient (Wildman–Crippen LogP) is 3.82. The molecule has 0 radical (unpaired) electrons. The molecule has 2 aromatic rings. The molecule has 0 bridgehead atoms. The number of fused-ring (bicyclic) bond motifs is 1. The molecule has 0 saturated heterocycles. The summed E-state index contributed by atoms with van der Waals surface area (Å²) in [6, 6.07) is 5.18. The van der Waals surface area contributed by atoms with Crippen molar-refractivity contribution >= 4 is 56.5 Å². The number of nitrogens with one attached hydrogen (secondary N) is 1. The lowest BCUT2D eigenvalue weighted by Gasteiger charge is -2.28. The number of carbonyl (C=O) groups is 2. The Labute approximate surface area is 147 Å². The van der Waals surface area contributed by atoms with Crippen LogP contribution in [0.4, 0.5) is 0 Å². The fourth-order valence-corrected chi connectivity index (χ4v) is 3.99. The molecule has 23 heavy (non-hydrogen) atoms. The molecule has 0 aliphatic rings. The zero-order valence-corrected chi connectivity index (χ0v) is 14.8. The Bertz CT molecular complexity index is 761. The van der Waals surface area contributed by atoms with Crippen LogP contribution in [0.15, 0.2) is 18.2 Å². The van der Waals surface area contributed by atoms with E-state index in [-0.39, 0.29) is 13.0 Å². The maximum Gasteiger partial charge on any atom is 0.305 e. The Morgan fingerprint density at radius 2 is 2.09 bits per heavy atom. The van der Waals surface area contributed by atoms with Gasteiger partial charge in [-0.25, -0.2) is 0 Å². The van der Waals surface area contributed by atoms with Gasteiger partial charge in [-0.3, -0.25) is 9.59 Å². The van der Waals surface area contributed by atoms with E-state index in [1.165, 1.54) is 18.4 Å². The Kier molecular flexibility index (Phi) is 5.52. The molecule has 0 aliphatic heterocycles. The van der Waals surface area contributed by atoms with Gasteiger partial charge in [-0.15, -0.1) is 11.3 Å². The highest BCUT2D eigenvalue weighted by atomic mass is 35.5. The molecule has 1 aromatic heterocycles. The summed E-state index contributed by atoms with van der Waals surface area (Å²) < 4.78 is 5.82. The zero-order chi connectivity index (χ0) is 17.2. The van der Waals surface area contributed by atoms with Crippen molar-refractivity contribution in [3.63, 3.8) is 0 Å². The summed E-state index contributed by atoms with van der Waals surface area (Å²) in [7, 11) is 1.45. The number of halogens is 2. The highest BCUT2D eigenvalue weighted by Gasteiger charge is 2.31. The monoisotopic (exact) mass is 375 g/mol. The van der Waals surface area contributed by atoms with Crippen LogP contribution in [0.1, 0.15) is 23.0 Å². The van der Waals surface area contributed by atoms with Crippen LogP contribution in [0, 0.1) is 0 Å². The summed E-state index contributed by atoms with van der Waals surface area (Å²) >= 11 is 13.4. The van der Waals surface area contributed by atoms with Crippen LogP contribution in [-0.4, -0.2) is 36.2 Å². The number of benzene rings is 1. The van der Waals surface area contributed by atoms with Gasteiger partial charge in [0.1, 0.15) is 4.88 Å². The number of methoxy groups -OCH3 is 1. The number of carboxylic acid groups (broad SMARTS) is 1. The normalized spacial score (nSPS) is 13.7. The molecule has 1 unspecified atom stereocenters. The maximum absolute atomic E-state index is 12.5. The highest BCUT2D eigenvalue weighted by molar-refractivity contribution is 7.21. The third kappa shape index (κ3) is 4.14. The molecule has 124 valence electrons. The Morgan fingerprint density at radius 1 is 1.39 bits per heavy atom. The number of aliphatic carboxylic acids is 1. The van der Waals surface area contributed by atoms with Crippen molar-refractivity contribution in [1.82, 2.24) is 5.32 Å². The minimum Gasteiger partial charge on any atom is -0.481 e. The van der Waals surface area contributed by atoms with Crippen LogP contribution in [-0.2, 0) is 9.53 Å². The largest absolute Gasteiger partial charge is 0.481 e. The lowest BCUT2D eigenvalue weighted by molar-refractivity contribution is -0.139. The van der Waals surface area contributed by atoms with E-state index in [4.69, 9.17) is 33.0 Å². The standard InChI is InChI=1S/C15H15Cl2NO4S/c1-15(7-22-2,6-11(19)20)18-14(21)13-12(17)9-4-3-8(16)5-10(9)23-13/h3-5H,6-7H2,1-2H3,(H,18,21)(H,19,20). The maximum atomic E-state index is 12.5. The van der Waals surface area contributed by atoms with Crippen molar-refractivity contribution in [3.8, 4) is 0 Å². The first-order valence-corrected chi connectivity index (χ1v) is 8.24. The van der Waals surface area contributed by atoms with Crippen LogP contribution in [0.5, 0.6) is 0 Å². The Hall–Kier alpha value is -1.34. The molecule has 2 N–H and O–H groups in total. The minimum atomic E-state index is -1.03. The van der Waals surface area contributed by atoms with Gasteiger partial charge in [-0.2, -0.15) is 0 Å². The van der Waals surface area contributed by atoms with E-state index in [1.807, 2.05) is 0 Å². The SMILES string of the molecule is COCC(C)(CC(=O)O)NC(=O)c1sc2cc(Cl)ccc2c1Cl. The Morgan fingerprint density at radius 3 is 2.70 bits per heavy atom. The summed E-state index contributed by atoms with van der Waals surface area (Å²) in [4.78, 5) is 23.8. The number of hydrogen-bond donors (Lipinski definition) is 2. The van der Waals surface area contributed by atoms with Gasteiger partial charge in [-0.05, 0) is 19.1 Å². The first-order valence-electron chi connectivity index (χ1n) is 6.66. The molecule has 0 saturated carbocycles. The fraction of sp³-hybridized carbons (Fsp3) is 0.333. The first-order chi connectivity index (χ1) is 10.8. The van der Waals surface area contributed by atoms with E-state index in [9.17, 15) is 9.59 Å². The number of ether oxygens (including phenoxy) is 1. The van der Waals surface area contributed by atoms with Gasteiger partial charge in [0.05, 0.1) is 23.6 Å². The van der Waals surface area contributed by atoms with Crippen molar-refractivity contribution in [2.45, 2.75) is 18.9 Å². The molecule has 1 amide bonds. The molecular weight excluding hydrogens is 361 g/mol. The van der Waals surface area contributed by atoms with Gasteiger partial charge >= 0.3 is 5.97 Å². The molecule has 0 spiro atoms. The van der Waals surface area contributed by atoms with E-state index in [1.54, 1.807) is 25.1 Å². The average Bonchev–Trinajstić information content (AvgIpc) is 2.74. The van der Waals surface area contributed by atoms with Crippen LogP contribution < -0.4 is 5.32 Å². The molecule has 8 heteroatoms. The molecule has 1 atom stereocenters. The molecule has 1 heterocycles. The van der Waals surface area contributed by atoms with Gasteiger partial charge in [0.15, 0.2) is 0 Å². The zero-order valence-electron chi connectivity index (χ0n) is 12.5. The summed E-state index contributed by atoms with van der Waals surface area (Å²) in [5, 5.41) is 13.3. The van der Waals surface area contributed by atoms with Crippen molar-refractivity contribution in [1.29, 1.82) is 0 Å². The lowest BCUT2D eigenvalue weighted by Crippen LogP contribution is -2.50. The molecule has 0 aliphatic carbocycles. The van der Waals surface area contributed by atoms with Gasteiger partial charge < -0.3 is 15.2 Å². The van der Waals surface area contributed by atoms with Gasteiger partial charge in [0.2, 0.25) is 0 Å². The number of rotatable bonds is 6. The van der Waals surface area contributed by atoms with E-state index in [0.29, 0.717) is 14.9 Å². The summed E-state index contributed by atoms with van der Waals surface area (Å²) in [5.41, 5.74) is -1.03. The molecule has 5 nitrogen and oxygen atoms in total. The third-order valence-electron chi connectivity index (χ3n) is 3.22. The molecular formula is C15H15Cl2NO4S. The number of thiophene rings is 1. The number of carbonyl (C=O) groups excluding carboxylic acids is 1. The topological polar surface area (TPSA) is 75.6 Å². The summed E-state index contributed by atoms with van der Waals surface area (Å²) in [6.45, 7) is 1.68. The van der Waals surface area contributed by atoms with Crippen molar-refractivity contribution in [3.05, 3.63) is 33.1 Å². The van der Waals surface area contributed by atoms with Gasteiger partial charge in [-0.1, -0.05) is 29.3 Å². The highest BCUT2D eigenvalue weighted by Crippen LogP contribution is 2.36. The molecule has 0 fully saturated rings. The molecule has 2 rings (SSSR count). The fourth-order valence-electron chi connectivity index (χ4n) is 2.30. The van der Waals surface area contributed by atoms with E-state index in [0.717, 1.165) is 10.1 Å². The predicted molar refractivity (Wildman–Crippen MR) is 91.8 cm³/mol. The Balaban J connectivity index is 2.32. The van der Waals surface area contributed by atoms with Crippen LogP contribution in [0.2, 0.25) is 10.0 Å². The van der Waals surface area contributed by atoms with Crippen LogP contribution in [0.25, 0.3) is 10.1 Å². The number of hydrogen-bond acceptors (Lipinski definition) is 4. The summed E-state index contributed by atoms with van der Waals surface area (Å²) in [6.07, 6.45) is -0.263. The second-order valence-electron chi connectivity index (χ2n) is 5.40. The van der Waals surface area contributed by atoms with E-state index >= 15 is 0 Å². The summed E-state index contributed by atoms with van der Waals surface area (Å²) in [5.74, 6) is -1.47. The first kappa shape index (κ1) is 18.0. The lowest BCUT2D eigenvalue weighted by atomic mass is 9.99. The number of carboxylic acids is 1. The second-order valence-corrected chi connectivity index (χ2v) is 7.27. The van der Waals surface area contributed by atoms with Crippen LogP contribution >= 0.6 is 34.5 Å². The van der Waals surface area contributed by atoms with Crippen molar-refractivity contribution in [2.24, 2.45) is 0 Å². The van der Waals surface area contributed by atoms with Crippen molar-refractivity contribution < 1.29 is 19.4 Å². The average molecular weight is 376 g/mol. The minimum absolute atomic E-state index is 0.0688. The third-order valence-corrected chi connectivity index (χ3v) is 5.11. The van der Waals surface area contributed by atoms with Gasteiger partial charge in [0, 0.05) is 22.2 Å². The second kappa shape index (κ2) is 7.05. The van der Waals surface area contributed by atoms with Crippen LogP contribution in [0.3, 0.4) is 0 Å². The molecule has 1 aromatic carbocycles. The van der Waals surface area contributed by atoms with E-state index in [2.05, 4.69) is 5.32 Å². The van der Waals surface area contributed by atoms with Gasteiger partial charge in [0.25, 0.3) is 5.91 Å². The quantitative estimate of drug-likeness (QED) is 0.804.